The van der Waals surface area contributed by atoms with Crippen LogP contribution in [0, 0.1) is 0 Å². The average molecular weight is 365 g/mol. The lowest BCUT2D eigenvalue weighted by molar-refractivity contribution is -0.107. The van der Waals surface area contributed by atoms with E-state index in [1.165, 1.54) is 122 Å². The molecule has 0 aromatic rings. The van der Waals surface area contributed by atoms with Gasteiger partial charge in [0.2, 0.25) is 0 Å². The fraction of sp³-hybridized carbons (Fsp3) is 0.880. The van der Waals surface area contributed by atoms with E-state index in [9.17, 15) is 4.79 Å². The van der Waals surface area contributed by atoms with Crippen molar-refractivity contribution in [3.8, 4) is 0 Å². The fourth-order valence-corrected chi connectivity index (χ4v) is 3.54. The lowest BCUT2D eigenvalue weighted by Gasteiger charge is -2.03. The summed E-state index contributed by atoms with van der Waals surface area (Å²) >= 11 is 0. The maximum Gasteiger partial charge on any atom is 0.119 e. The van der Waals surface area contributed by atoms with Gasteiger partial charge in [0.15, 0.2) is 0 Å². The van der Waals surface area contributed by atoms with E-state index in [-0.39, 0.29) is 0 Å². The van der Waals surface area contributed by atoms with Crippen LogP contribution in [-0.2, 0) is 4.79 Å². The zero-order chi connectivity index (χ0) is 19.0. The molecule has 0 aliphatic heterocycles. The van der Waals surface area contributed by atoms with Crippen LogP contribution in [-0.4, -0.2) is 6.29 Å². The third-order valence-corrected chi connectivity index (χ3v) is 5.33. The molecule has 26 heavy (non-hydrogen) atoms. The first-order valence-electron chi connectivity index (χ1n) is 12.0. The molecule has 0 heterocycles. The van der Waals surface area contributed by atoms with Crippen LogP contribution in [0.15, 0.2) is 12.2 Å². The molecule has 0 radical (unpaired) electrons. The van der Waals surface area contributed by atoms with Crippen molar-refractivity contribution in [2.75, 3.05) is 0 Å². The molecular weight excluding hydrogens is 316 g/mol. The Labute approximate surface area is 165 Å². The highest BCUT2D eigenvalue weighted by molar-refractivity contribution is 5.48. The maximum atomic E-state index is 10.2. The van der Waals surface area contributed by atoms with Crippen LogP contribution in [0.25, 0.3) is 0 Å². The first-order chi connectivity index (χ1) is 12.9. The molecular formula is C25H48O. The van der Waals surface area contributed by atoms with Gasteiger partial charge in [-0.2, -0.15) is 0 Å². The molecule has 0 saturated carbocycles. The van der Waals surface area contributed by atoms with Crippen LogP contribution in [0.5, 0.6) is 0 Å². The first-order valence-corrected chi connectivity index (χ1v) is 12.0. The summed E-state index contributed by atoms with van der Waals surface area (Å²) < 4.78 is 0. The standard InChI is InChI=1S/C25H48O/c1-2-3-4-5-6-7-8-9-10-11-12-13-14-15-16-17-18-19-20-21-22-23-24-25-26/h6-7,25H,2-5,8-24H2,1H3/b7-6-. The SMILES string of the molecule is CCCCC/C=C\CCCCCCCCCCCCCCCCCC=O. The molecule has 0 aromatic heterocycles. The maximum absolute atomic E-state index is 10.2. The smallest absolute Gasteiger partial charge is 0.119 e. The van der Waals surface area contributed by atoms with Crippen molar-refractivity contribution in [2.24, 2.45) is 0 Å². The summed E-state index contributed by atoms with van der Waals surface area (Å²) in [7, 11) is 0. The zero-order valence-corrected chi connectivity index (χ0v) is 18.0. The molecule has 1 nitrogen and oxygen atoms in total. The number of hydrogen-bond donors (Lipinski definition) is 0. The molecule has 0 amide bonds. The first kappa shape index (κ1) is 25.4. The molecule has 0 aliphatic carbocycles. The molecule has 0 aliphatic rings. The Hall–Kier alpha value is -0.590. The molecule has 0 bridgehead atoms. The second kappa shape index (κ2) is 24.4. The summed E-state index contributed by atoms with van der Waals surface area (Å²) in [5, 5.41) is 0. The Morgan fingerprint density at radius 2 is 0.731 bits per heavy atom. The Morgan fingerprint density at radius 1 is 0.423 bits per heavy atom. The molecule has 0 N–H and O–H groups in total. The van der Waals surface area contributed by atoms with Gasteiger partial charge < -0.3 is 4.79 Å². The fourth-order valence-electron chi connectivity index (χ4n) is 3.54. The summed E-state index contributed by atoms with van der Waals surface area (Å²) in [6, 6.07) is 0. The third kappa shape index (κ3) is 23.4. The Kier molecular flexibility index (Phi) is 23.9. The largest absolute Gasteiger partial charge is 0.303 e. The quantitative estimate of drug-likeness (QED) is 0.106. The predicted octanol–water partition coefficient (Wildman–Crippen LogP) is 8.95. The minimum absolute atomic E-state index is 0.760. The molecule has 0 fully saturated rings. The van der Waals surface area contributed by atoms with Gasteiger partial charge in [-0.05, 0) is 32.1 Å². The van der Waals surface area contributed by atoms with E-state index in [2.05, 4.69) is 19.1 Å². The summed E-state index contributed by atoms with van der Waals surface area (Å²) in [4.78, 5) is 10.2. The van der Waals surface area contributed by atoms with Gasteiger partial charge in [0, 0.05) is 6.42 Å². The van der Waals surface area contributed by atoms with Crippen molar-refractivity contribution >= 4 is 6.29 Å². The summed E-state index contributed by atoms with van der Waals surface area (Å²) in [5.74, 6) is 0. The second-order valence-corrected chi connectivity index (χ2v) is 8.01. The summed E-state index contributed by atoms with van der Waals surface area (Å²) in [6.07, 6.45) is 34.0. The van der Waals surface area contributed by atoms with E-state index in [0.717, 1.165) is 19.1 Å². The lowest BCUT2D eigenvalue weighted by Crippen LogP contribution is -1.84. The van der Waals surface area contributed by atoms with Crippen molar-refractivity contribution in [1.82, 2.24) is 0 Å². The molecule has 0 aromatic carbocycles. The molecule has 1 heteroatoms. The van der Waals surface area contributed by atoms with Crippen LogP contribution in [0.3, 0.4) is 0 Å². The van der Waals surface area contributed by atoms with Crippen molar-refractivity contribution in [2.45, 2.75) is 142 Å². The monoisotopic (exact) mass is 364 g/mol. The van der Waals surface area contributed by atoms with Gasteiger partial charge in [0.1, 0.15) is 6.29 Å². The Morgan fingerprint density at radius 3 is 1.08 bits per heavy atom. The van der Waals surface area contributed by atoms with E-state index >= 15 is 0 Å². The van der Waals surface area contributed by atoms with E-state index < -0.39 is 0 Å². The van der Waals surface area contributed by atoms with Crippen LogP contribution >= 0.6 is 0 Å². The molecule has 0 atom stereocenters. The minimum Gasteiger partial charge on any atom is -0.303 e. The number of unbranched alkanes of at least 4 members (excludes halogenated alkanes) is 19. The number of allylic oxidation sites excluding steroid dienone is 2. The van der Waals surface area contributed by atoms with Crippen LogP contribution in [0.2, 0.25) is 0 Å². The predicted molar refractivity (Wildman–Crippen MR) is 118 cm³/mol. The normalized spacial score (nSPS) is 11.4. The van der Waals surface area contributed by atoms with Crippen molar-refractivity contribution in [3.63, 3.8) is 0 Å². The van der Waals surface area contributed by atoms with E-state index in [1.807, 2.05) is 0 Å². The average Bonchev–Trinajstić information content (AvgIpc) is 2.66. The van der Waals surface area contributed by atoms with Crippen LogP contribution < -0.4 is 0 Å². The summed E-state index contributed by atoms with van der Waals surface area (Å²) in [6.45, 7) is 2.27. The highest BCUT2D eigenvalue weighted by atomic mass is 16.1. The molecule has 0 unspecified atom stereocenters. The van der Waals surface area contributed by atoms with Gasteiger partial charge >= 0.3 is 0 Å². The van der Waals surface area contributed by atoms with Gasteiger partial charge in [-0.15, -0.1) is 0 Å². The van der Waals surface area contributed by atoms with Crippen LogP contribution in [0.1, 0.15) is 142 Å². The topological polar surface area (TPSA) is 17.1 Å². The van der Waals surface area contributed by atoms with Gasteiger partial charge in [-0.3, -0.25) is 0 Å². The minimum atomic E-state index is 0.760. The molecule has 0 spiro atoms. The number of carbonyl (C=O) groups excluding carboxylic acids is 1. The van der Waals surface area contributed by atoms with Crippen LogP contribution in [0.4, 0.5) is 0 Å². The van der Waals surface area contributed by atoms with E-state index in [4.69, 9.17) is 0 Å². The Bertz CT molecular complexity index is 282. The van der Waals surface area contributed by atoms with Gasteiger partial charge in [-0.1, -0.05) is 115 Å². The van der Waals surface area contributed by atoms with Crippen molar-refractivity contribution in [3.05, 3.63) is 12.2 Å². The molecule has 154 valence electrons. The van der Waals surface area contributed by atoms with Gasteiger partial charge in [0.25, 0.3) is 0 Å². The second-order valence-electron chi connectivity index (χ2n) is 8.01. The van der Waals surface area contributed by atoms with E-state index in [1.54, 1.807) is 0 Å². The van der Waals surface area contributed by atoms with Crippen molar-refractivity contribution in [1.29, 1.82) is 0 Å². The van der Waals surface area contributed by atoms with Gasteiger partial charge in [0.05, 0.1) is 0 Å². The third-order valence-electron chi connectivity index (χ3n) is 5.33. The molecule has 0 rings (SSSR count). The highest BCUT2D eigenvalue weighted by Gasteiger charge is 1.94. The Balaban J connectivity index is 3.01. The number of aldehydes is 1. The van der Waals surface area contributed by atoms with E-state index in [0.29, 0.717) is 0 Å². The summed E-state index contributed by atoms with van der Waals surface area (Å²) in [5.41, 5.74) is 0. The number of carbonyl (C=O) groups is 1. The zero-order valence-electron chi connectivity index (χ0n) is 18.0. The number of rotatable bonds is 22. The highest BCUT2D eigenvalue weighted by Crippen LogP contribution is 2.14. The number of hydrogen-bond acceptors (Lipinski definition) is 1. The van der Waals surface area contributed by atoms with Crippen molar-refractivity contribution < 1.29 is 4.79 Å². The lowest BCUT2D eigenvalue weighted by atomic mass is 10.0. The van der Waals surface area contributed by atoms with Gasteiger partial charge in [-0.25, -0.2) is 0 Å². The molecule has 0 saturated heterocycles.